The van der Waals surface area contributed by atoms with E-state index < -0.39 is 11.4 Å². The number of nitrogens with zero attached hydrogens (tertiary/aromatic N) is 4. The Bertz CT molecular complexity index is 1440. The van der Waals surface area contributed by atoms with E-state index in [1.165, 1.54) is 19.2 Å². The molecule has 1 aliphatic heterocycles. The summed E-state index contributed by atoms with van der Waals surface area (Å²) in [4.78, 5) is 36.9. The molecule has 3 fully saturated rings. The van der Waals surface area contributed by atoms with Gasteiger partial charge in [0.15, 0.2) is 5.82 Å². The molecule has 2 saturated carbocycles. The minimum Gasteiger partial charge on any atom is -0.481 e. The summed E-state index contributed by atoms with van der Waals surface area (Å²) < 4.78 is 19.4. The molecule has 2 aliphatic carbocycles. The third kappa shape index (κ3) is 4.39. The van der Waals surface area contributed by atoms with Crippen molar-refractivity contribution in [3.63, 3.8) is 0 Å². The Hall–Kier alpha value is -3.24. The summed E-state index contributed by atoms with van der Waals surface area (Å²) in [5.74, 6) is -0.792. The summed E-state index contributed by atoms with van der Waals surface area (Å²) in [7, 11) is 1.44. The zero-order valence-corrected chi connectivity index (χ0v) is 22.1. The van der Waals surface area contributed by atoms with Crippen LogP contribution in [0.15, 0.2) is 30.6 Å². The van der Waals surface area contributed by atoms with Gasteiger partial charge in [0.2, 0.25) is 11.8 Å². The molecular weight excluding hydrogens is 534 g/mol. The molecule has 9 nitrogen and oxygen atoms in total. The molecule has 3 aromatic rings. The average molecular weight is 559 g/mol. The maximum absolute atomic E-state index is 14.4. The minimum atomic E-state index is -0.565. The van der Waals surface area contributed by atoms with Crippen molar-refractivity contribution in [2.45, 2.75) is 49.6 Å². The molecule has 3 aromatic heterocycles. The molecule has 0 bridgehead atoms. The topological polar surface area (TPSA) is 113 Å². The molecule has 3 aliphatic rings. The Labute approximate surface area is 228 Å². The van der Waals surface area contributed by atoms with E-state index in [4.69, 9.17) is 27.9 Å². The summed E-state index contributed by atoms with van der Waals surface area (Å²) in [5, 5.41) is 11.0. The lowest BCUT2D eigenvalue weighted by Gasteiger charge is -2.40. The van der Waals surface area contributed by atoms with E-state index >= 15 is 0 Å². The standard InChI is InChI=1S/C26H25Cl2FN6O3/c1-38-21-9-16(18(29)13-30-21)19-10-20(34-33-19)24(37)35-7-2-14(11-25(35)3-4-25)23(36)32-26(5-6-26)22-17(28)8-15(27)12-31-22/h8-10,12-14H,2-7,11H2,1H3,(H,32,36)(H,33,34). The second kappa shape index (κ2) is 9.20. The third-order valence-electron chi connectivity index (χ3n) is 7.84. The number of halogens is 3. The summed E-state index contributed by atoms with van der Waals surface area (Å²) in [6.45, 7) is 0.440. The van der Waals surface area contributed by atoms with E-state index in [0.29, 0.717) is 35.1 Å². The molecule has 1 saturated heterocycles. The van der Waals surface area contributed by atoms with E-state index in [-0.39, 0.29) is 46.1 Å². The van der Waals surface area contributed by atoms with Crippen LogP contribution in [0.2, 0.25) is 10.0 Å². The normalized spacial score (nSPS) is 20.7. The van der Waals surface area contributed by atoms with Gasteiger partial charge in [-0.25, -0.2) is 9.37 Å². The number of methoxy groups -OCH3 is 1. The SMILES string of the molecule is COc1cc(-c2cc(C(=O)N3CCC(C(=O)NC4(c5ncc(Cl)cc5Cl)CC4)CC34CC4)[nH]n2)c(F)cn1. The maximum Gasteiger partial charge on any atom is 0.272 e. The first-order valence-electron chi connectivity index (χ1n) is 12.4. The highest BCUT2D eigenvalue weighted by Gasteiger charge is 2.56. The van der Waals surface area contributed by atoms with Crippen LogP contribution in [-0.4, -0.2) is 56.1 Å². The van der Waals surface area contributed by atoms with Crippen molar-refractivity contribution in [1.82, 2.24) is 30.4 Å². The van der Waals surface area contributed by atoms with Gasteiger partial charge in [0.1, 0.15) is 5.69 Å². The van der Waals surface area contributed by atoms with Crippen LogP contribution >= 0.6 is 23.2 Å². The van der Waals surface area contributed by atoms with Crippen molar-refractivity contribution < 1.29 is 18.7 Å². The molecule has 1 unspecified atom stereocenters. The molecule has 198 valence electrons. The fourth-order valence-corrected chi connectivity index (χ4v) is 6.01. The van der Waals surface area contributed by atoms with E-state index in [0.717, 1.165) is 31.9 Å². The number of nitrogens with one attached hydrogen (secondary N) is 2. The summed E-state index contributed by atoms with van der Waals surface area (Å²) >= 11 is 12.4. The van der Waals surface area contributed by atoms with Crippen LogP contribution in [0.3, 0.4) is 0 Å². The number of amides is 2. The number of rotatable bonds is 6. The fourth-order valence-electron chi connectivity index (χ4n) is 5.44. The molecule has 2 N–H and O–H groups in total. The number of pyridine rings is 2. The predicted molar refractivity (Wildman–Crippen MR) is 137 cm³/mol. The van der Waals surface area contributed by atoms with Gasteiger partial charge in [0.25, 0.3) is 5.91 Å². The van der Waals surface area contributed by atoms with Crippen molar-refractivity contribution in [3.05, 3.63) is 57.8 Å². The van der Waals surface area contributed by atoms with Crippen LogP contribution in [0.5, 0.6) is 5.88 Å². The highest BCUT2D eigenvalue weighted by molar-refractivity contribution is 6.34. The van der Waals surface area contributed by atoms with Crippen LogP contribution in [0.1, 0.15) is 54.7 Å². The number of carbonyl (C=O) groups is 2. The number of aromatic nitrogens is 4. The number of aromatic amines is 1. The number of carbonyl (C=O) groups excluding carboxylic acids is 2. The van der Waals surface area contributed by atoms with Gasteiger partial charge in [0, 0.05) is 35.8 Å². The first kappa shape index (κ1) is 25.1. The van der Waals surface area contributed by atoms with Gasteiger partial charge in [-0.3, -0.25) is 19.7 Å². The second-order valence-electron chi connectivity index (χ2n) is 10.3. The molecule has 0 radical (unpaired) electrons. The minimum absolute atomic E-state index is 0.0420. The van der Waals surface area contributed by atoms with Gasteiger partial charge in [-0.2, -0.15) is 5.10 Å². The Morgan fingerprint density at radius 2 is 1.95 bits per heavy atom. The van der Waals surface area contributed by atoms with Crippen LogP contribution in [0, 0.1) is 11.7 Å². The Morgan fingerprint density at radius 3 is 2.63 bits per heavy atom. The summed E-state index contributed by atoms with van der Waals surface area (Å²) in [6.07, 6.45) is 6.91. The van der Waals surface area contributed by atoms with Gasteiger partial charge < -0.3 is 15.0 Å². The Balaban J connectivity index is 1.15. The van der Waals surface area contributed by atoms with Gasteiger partial charge in [-0.05, 0) is 50.7 Å². The van der Waals surface area contributed by atoms with E-state index in [2.05, 4.69) is 25.5 Å². The molecule has 4 heterocycles. The Kier molecular flexibility index (Phi) is 6.07. The number of hydrogen-bond acceptors (Lipinski definition) is 6. The zero-order chi connectivity index (χ0) is 26.7. The quantitative estimate of drug-likeness (QED) is 0.460. The monoisotopic (exact) mass is 558 g/mol. The van der Waals surface area contributed by atoms with Gasteiger partial charge in [0.05, 0.1) is 40.3 Å². The molecule has 1 spiro atoms. The largest absolute Gasteiger partial charge is 0.481 e. The lowest BCUT2D eigenvalue weighted by molar-refractivity contribution is -0.128. The van der Waals surface area contributed by atoms with Gasteiger partial charge in [-0.15, -0.1) is 0 Å². The molecular formula is C26H25Cl2FN6O3. The number of piperidine rings is 1. The second-order valence-corrected chi connectivity index (χ2v) is 11.1. The van der Waals surface area contributed by atoms with Gasteiger partial charge in [-0.1, -0.05) is 23.2 Å². The van der Waals surface area contributed by atoms with Crippen molar-refractivity contribution in [2.75, 3.05) is 13.7 Å². The first-order chi connectivity index (χ1) is 18.2. The fraction of sp³-hybridized carbons (Fsp3) is 0.423. The van der Waals surface area contributed by atoms with Crippen molar-refractivity contribution in [2.24, 2.45) is 5.92 Å². The molecule has 12 heteroatoms. The number of ether oxygens (including phenoxy) is 1. The molecule has 38 heavy (non-hydrogen) atoms. The summed E-state index contributed by atoms with van der Waals surface area (Å²) in [5.41, 5.74) is 0.469. The maximum atomic E-state index is 14.4. The van der Waals surface area contributed by atoms with Crippen LogP contribution < -0.4 is 10.1 Å². The van der Waals surface area contributed by atoms with Crippen molar-refractivity contribution >= 4 is 35.0 Å². The highest BCUT2D eigenvalue weighted by atomic mass is 35.5. The van der Waals surface area contributed by atoms with Crippen LogP contribution in [0.4, 0.5) is 4.39 Å². The molecule has 0 aromatic carbocycles. The molecule has 1 atom stereocenters. The lowest BCUT2D eigenvalue weighted by Crippen LogP contribution is -2.51. The van der Waals surface area contributed by atoms with E-state index in [1.54, 1.807) is 12.3 Å². The number of H-pyrrole nitrogens is 1. The predicted octanol–water partition coefficient (Wildman–Crippen LogP) is 4.51. The number of likely N-dealkylation sites (tertiary alicyclic amines) is 1. The average Bonchev–Trinajstić information content (AvgIpc) is 3.80. The number of hydrogen-bond donors (Lipinski definition) is 2. The highest BCUT2D eigenvalue weighted by Crippen LogP contribution is 2.52. The van der Waals surface area contributed by atoms with Crippen LogP contribution in [0.25, 0.3) is 11.3 Å². The van der Waals surface area contributed by atoms with E-state index in [9.17, 15) is 14.0 Å². The van der Waals surface area contributed by atoms with Crippen molar-refractivity contribution in [3.8, 4) is 17.1 Å². The smallest absolute Gasteiger partial charge is 0.272 e. The van der Waals surface area contributed by atoms with Crippen molar-refractivity contribution in [1.29, 1.82) is 0 Å². The zero-order valence-electron chi connectivity index (χ0n) is 20.6. The molecule has 2 amide bonds. The molecule has 6 rings (SSSR count). The van der Waals surface area contributed by atoms with Gasteiger partial charge >= 0.3 is 0 Å². The Morgan fingerprint density at radius 1 is 1.16 bits per heavy atom. The summed E-state index contributed by atoms with van der Waals surface area (Å²) in [6, 6.07) is 4.61. The first-order valence-corrected chi connectivity index (χ1v) is 13.2. The third-order valence-corrected chi connectivity index (χ3v) is 8.34. The van der Waals surface area contributed by atoms with E-state index in [1.807, 2.05) is 4.90 Å². The lowest BCUT2D eigenvalue weighted by atomic mass is 9.87. The van der Waals surface area contributed by atoms with Crippen LogP contribution in [-0.2, 0) is 10.3 Å².